The zero-order valence-corrected chi connectivity index (χ0v) is 14.8. The van der Waals surface area contributed by atoms with E-state index < -0.39 is 0 Å². The van der Waals surface area contributed by atoms with Crippen LogP contribution in [-0.4, -0.2) is 46.6 Å². The van der Waals surface area contributed by atoms with Gasteiger partial charge in [-0.15, -0.1) is 0 Å². The van der Waals surface area contributed by atoms with Crippen molar-refractivity contribution in [2.75, 3.05) is 19.8 Å². The van der Waals surface area contributed by atoms with Crippen LogP contribution in [0.1, 0.15) is 60.8 Å². The normalized spacial score (nSPS) is 25.8. The van der Waals surface area contributed by atoms with Crippen LogP contribution in [0.5, 0.6) is 0 Å². The first-order chi connectivity index (χ1) is 11.2. The molecule has 0 aromatic carbocycles. The van der Waals surface area contributed by atoms with Crippen LogP contribution in [0.2, 0.25) is 0 Å². The van der Waals surface area contributed by atoms with Crippen LogP contribution in [0.15, 0.2) is 10.7 Å². The minimum absolute atomic E-state index is 0.0650. The molecule has 1 aromatic heterocycles. The smallest absolute Gasteiger partial charge is 0.274 e. The first-order valence-corrected chi connectivity index (χ1v) is 9.44. The van der Waals surface area contributed by atoms with Crippen molar-refractivity contribution >= 4 is 21.8 Å². The molecule has 4 rings (SSSR count). The number of carbonyl (C=O) groups is 1. The maximum atomic E-state index is 13.1. The quantitative estimate of drug-likeness (QED) is 0.809. The lowest BCUT2D eigenvalue weighted by molar-refractivity contribution is 0.0320. The second-order valence-corrected chi connectivity index (χ2v) is 7.71. The summed E-state index contributed by atoms with van der Waals surface area (Å²) < 4.78 is 6.19. The summed E-state index contributed by atoms with van der Waals surface area (Å²) in [6.07, 6.45) is 8.35. The highest BCUT2D eigenvalue weighted by Gasteiger charge is 2.37. The summed E-state index contributed by atoms with van der Waals surface area (Å²) in [6.45, 7) is 2.49. The Labute approximate surface area is 144 Å². The van der Waals surface area contributed by atoms with Gasteiger partial charge >= 0.3 is 0 Å². The lowest BCUT2D eigenvalue weighted by Crippen LogP contribution is -2.42. The molecule has 1 atom stereocenters. The molecule has 1 aliphatic carbocycles. The number of ether oxygens (including phenoxy) is 1. The van der Waals surface area contributed by atoms with Gasteiger partial charge in [0.2, 0.25) is 0 Å². The minimum atomic E-state index is 0.0650. The van der Waals surface area contributed by atoms with Gasteiger partial charge in [-0.1, -0.05) is 0 Å². The molecule has 1 aromatic rings. The van der Waals surface area contributed by atoms with Crippen LogP contribution in [-0.2, 0) is 4.74 Å². The zero-order chi connectivity index (χ0) is 15.8. The molecule has 124 valence electrons. The monoisotopic (exact) mass is 379 g/mol. The van der Waals surface area contributed by atoms with Gasteiger partial charge in [-0.2, -0.15) is 0 Å². The van der Waals surface area contributed by atoms with E-state index in [-0.39, 0.29) is 5.91 Å². The third-order valence-electron chi connectivity index (χ3n) is 5.28. The number of hydrogen-bond donors (Lipinski definition) is 0. The van der Waals surface area contributed by atoms with Gasteiger partial charge in [0, 0.05) is 37.9 Å². The van der Waals surface area contributed by atoms with Gasteiger partial charge in [0.25, 0.3) is 5.91 Å². The molecule has 1 amide bonds. The number of halogens is 1. The van der Waals surface area contributed by atoms with Gasteiger partial charge in [-0.3, -0.25) is 4.79 Å². The van der Waals surface area contributed by atoms with Crippen molar-refractivity contribution in [2.24, 2.45) is 5.92 Å². The number of hydrogen-bond acceptors (Lipinski definition) is 4. The maximum Gasteiger partial charge on any atom is 0.274 e. The summed E-state index contributed by atoms with van der Waals surface area (Å²) in [5.74, 6) is 1.92. The standard InChI is InChI=1S/C17H22BrN3O2/c18-13-10-19-16(12-3-4-12)20-15(13)17(22)21-7-1-2-14(21)11-5-8-23-9-6-11/h10-12,14H,1-9H2/t14-/m0/s1. The van der Waals surface area contributed by atoms with Crippen molar-refractivity contribution in [1.82, 2.24) is 14.9 Å². The van der Waals surface area contributed by atoms with E-state index in [1.165, 1.54) is 0 Å². The molecule has 0 unspecified atom stereocenters. The molecule has 5 nitrogen and oxygen atoms in total. The maximum absolute atomic E-state index is 13.1. The van der Waals surface area contributed by atoms with E-state index in [2.05, 4.69) is 30.8 Å². The van der Waals surface area contributed by atoms with Gasteiger partial charge in [-0.05, 0) is 60.4 Å². The predicted molar refractivity (Wildman–Crippen MR) is 89.3 cm³/mol. The van der Waals surface area contributed by atoms with Gasteiger partial charge < -0.3 is 9.64 Å². The van der Waals surface area contributed by atoms with E-state index in [0.29, 0.717) is 28.0 Å². The molecule has 2 aliphatic heterocycles. The number of amides is 1. The van der Waals surface area contributed by atoms with Crippen molar-refractivity contribution in [1.29, 1.82) is 0 Å². The molecule has 0 radical (unpaired) electrons. The van der Waals surface area contributed by atoms with Crippen LogP contribution in [0, 0.1) is 5.92 Å². The fourth-order valence-electron chi connectivity index (χ4n) is 3.84. The molecule has 6 heteroatoms. The topological polar surface area (TPSA) is 55.3 Å². The van der Waals surface area contributed by atoms with Crippen molar-refractivity contribution in [3.05, 3.63) is 22.2 Å². The predicted octanol–water partition coefficient (Wildman–Crippen LogP) is 3.15. The average molecular weight is 380 g/mol. The molecule has 2 saturated heterocycles. The second kappa shape index (κ2) is 6.48. The molecular weight excluding hydrogens is 358 g/mol. The fourth-order valence-corrected chi connectivity index (χ4v) is 4.20. The van der Waals surface area contributed by atoms with Crippen LogP contribution in [0.3, 0.4) is 0 Å². The first kappa shape index (κ1) is 15.5. The number of aromatic nitrogens is 2. The Kier molecular flexibility index (Phi) is 4.37. The minimum Gasteiger partial charge on any atom is -0.381 e. The van der Waals surface area contributed by atoms with Crippen molar-refractivity contribution in [3.8, 4) is 0 Å². The second-order valence-electron chi connectivity index (χ2n) is 6.86. The van der Waals surface area contributed by atoms with Crippen LogP contribution in [0.25, 0.3) is 0 Å². The highest BCUT2D eigenvalue weighted by Crippen LogP contribution is 2.39. The SMILES string of the molecule is O=C(c1nc(C2CC2)ncc1Br)N1CCC[C@H]1C1CCOCC1. The van der Waals surface area contributed by atoms with Gasteiger partial charge in [0.1, 0.15) is 11.5 Å². The molecule has 0 N–H and O–H groups in total. The molecule has 3 fully saturated rings. The number of carbonyl (C=O) groups excluding carboxylic acids is 1. The van der Waals surface area contributed by atoms with E-state index in [1.807, 2.05) is 0 Å². The van der Waals surface area contributed by atoms with Gasteiger partial charge in [0.05, 0.1) is 4.47 Å². The van der Waals surface area contributed by atoms with Gasteiger partial charge in [-0.25, -0.2) is 9.97 Å². The largest absolute Gasteiger partial charge is 0.381 e. The summed E-state index contributed by atoms with van der Waals surface area (Å²) in [4.78, 5) is 24.1. The Bertz CT molecular complexity index is 600. The van der Waals surface area contributed by atoms with E-state index in [0.717, 1.165) is 64.1 Å². The summed E-state index contributed by atoms with van der Waals surface area (Å²) in [5, 5.41) is 0. The Morgan fingerprint density at radius 3 is 2.74 bits per heavy atom. The van der Waals surface area contributed by atoms with E-state index in [9.17, 15) is 4.79 Å². The van der Waals surface area contributed by atoms with Crippen LogP contribution in [0.4, 0.5) is 0 Å². The molecule has 3 aliphatic rings. The number of rotatable bonds is 3. The first-order valence-electron chi connectivity index (χ1n) is 8.65. The van der Waals surface area contributed by atoms with Gasteiger partial charge in [0.15, 0.2) is 0 Å². The molecule has 0 bridgehead atoms. The van der Waals surface area contributed by atoms with Crippen molar-refractivity contribution in [3.63, 3.8) is 0 Å². The van der Waals surface area contributed by atoms with Crippen LogP contribution >= 0.6 is 15.9 Å². The lowest BCUT2D eigenvalue weighted by Gasteiger charge is -2.34. The summed E-state index contributed by atoms with van der Waals surface area (Å²) in [6, 6.07) is 0.345. The third kappa shape index (κ3) is 3.15. The zero-order valence-electron chi connectivity index (χ0n) is 13.2. The van der Waals surface area contributed by atoms with Crippen molar-refractivity contribution in [2.45, 2.75) is 50.5 Å². The third-order valence-corrected chi connectivity index (χ3v) is 5.86. The number of nitrogens with zero attached hydrogens (tertiary/aromatic N) is 3. The van der Waals surface area contributed by atoms with E-state index in [4.69, 9.17) is 4.74 Å². The highest BCUT2D eigenvalue weighted by atomic mass is 79.9. The Hall–Kier alpha value is -1.01. The molecule has 1 saturated carbocycles. The van der Waals surface area contributed by atoms with E-state index >= 15 is 0 Å². The average Bonchev–Trinajstić information content (AvgIpc) is 3.32. The molecule has 0 spiro atoms. The lowest BCUT2D eigenvalue weighted by atomic mass is 9.90. The highest BCUT2D eigenvalue weighted by molar-refractivity contribution is 9.10. The summed E-state index contributed by atoms with van der Waals surface area (Å²) >= 11 is 3.47. The summed E-state index contributed by atoms with van der Waals surface area (Å²) in [7, 11) is 0. The van der Waals surface area contributed by atoms with Crippen LogP contribution < -0.4 is 0 Å². The summed E-state index contributed by atoms with van der Waals surface area (Å²) in [5.41, 5.74) is 0.542. The Morgan fingerprint density at radius 2 is 2.00 bits per heavy atom. The molecular formula is C17H22BrN3O2. The number of likely N-dealkylation sites (tertiary alicyclic amines) is 1. The Balaban J connectivity index is 1.56. The molecule has 23 heavy (non-hydrogen) atoms. The molecule has 3 heterocycles. The van der Waals surface area contributed by atoms with E-state index in [1.54, 1.807) is 6.20 Å². The Morgan fingerprint density at radius 1 is 1.22 bits per heavy atom. The van der Waals surface area contributed by atoms with Crippen molar-refractivity contribution < 1.29 is 9.53 Å². The fraction of sp³-hybridized carbons (Fsp3) is 0.706.